The molecule has 2 aromatic rings. The Balaban J connectivity index is 2.60. The predicted octanol–water partition coefficient (Wildman–Crippen LogP) is 0.946. The Morgan fingerprint density at radius 2 is 1.87 bits per heavy atom. The van der Waals surface area contributed by atoms with Crippen molar-refractivity contribution < 1.29 is 8.42 Å². The maximum Gasteiger partial charge on any atom is 0.227 e. The number of aromatic amines is 1. The molecule has 0 atom stereocenters. The number of H-pyrrole nitrogens is 1. The van der Waals surface area contributed by atoms with Crippen molar-refractivity contribution in [1.82, 2.24) is 15.4 Å². The van der Waals surface area contributed by atoms with Gasteiger partial charge in [0.1, 0.15) is 0 Å². The summed E-state index contributed by atoms with van der Waals surface area (Å²) < 4.78 is 24.0. The molecule has 1 N–H and O–H groups in total. The Morgan fingerprint density at radius 3 is 2.40 bits per heavy atom. The fraction of sp³-hybridized carbons (Fsp3) is 0.111. The van der Waals surface area contributed by atoms with Gasteiger partial charge in [0.25, 0.3) is 0 Å². The molecular formula is C9H9N3O2S. The average molecular weight is 223 g/mol. The van der Waals surface area contributed by atoms with Gasteiger partial charge < -0.3 is 0 Å². The van der Waals surface area contributed by atoms with Crippen LogP contribution in [0.1, 0.15) is 5.69 Å². The molecule has 0 saturated carbocycles. The number of nitrogens with one attached hydrogen (secondary N) is 1. The van der Waals surface area contributed by atoms with E-state index in [0.717, 1.165) is 0 Å². The maximum atomic E-state index is 12.0. The van der Waals surface area contributed by atoms with Gasteiger partial charge in [-0.15, -0.1) is 5.10 Å². The van der Waals surface area contributed by atoms with Crippen LogP contribution >= 0.6 is 0 Å². The number of rotatable bonds is 2. The van der Waals surface area contributed by atoms with Gasteiger partial charge in [-0.1, -0.05) is 23.4 Å². The molecule has 0 aliphatic carbocycles. The zero-order chi connectivity index (χ0) is 10.9. The lowest BCUT2D eigenvalue weighted by Gasteiger charge is -2.00. The lowest BCUT2D eigenvalue weighted by molar-refractivity contribution is 0.591. The minimum absolute atomic E-state index is 0.0197. The van der Waals surface area contributed by atoms with E-state index in [2.05, 4.69) is 15.4 Å². The van der Waals surface area contributed by atoms with Crippen LogP contribution in [-0.2, 0) is 9.84 Å². The fourth-order valence-corrected chi connectivity index (χ4v) is 2.57. The van der Waals surface area contributed by atoms with Crippen LogP contribution in [-0.4, -0.2) is 23.8 Å². The fourth-order valence-electron chi connectivity index (χ4n) is 1.23. The molecule has 0 saturated heterocycles. The highest BCUT2D eigenvalue weighted by molar-refractivity contribution is 7.91. The van der Waals surface area contributed by atoms with Crippen molar-refractivity contribution in [2.75, 3.05) is 0 Å². The van der Waals surface area contributed by atoms with Crippen LogP contribution in [0.5, 0.6) is 0 Å². The van der Waals surface area contributed by atoms with E-state index < -0.39 is 9.84 Å². The van der Waals surface area contributed by atoms with Gasteiger partial charge in [-0.25, -0.2) is 8.42 Å². The highest BCUT2D eigenvalue weighted by atomic mass is 32.2. The number of hydrogen-bond donors (Lipinski definition) is 1. The monoisotopic (exact) mass is 223 g/mol. The molecular weight excluding hydrogens is 214 g/mol. The number of sulfone groups is 1. The summed E-state index contributed by atoms with van der Waals surface area (Å²) in [4.78, 5) is 0.224. The summed E-state index contributed by atoms with van der Waals surface area (Å²) in [7, 11) is -3.53. The first-order valence-electron chi connectivity index (χ1n) is 4.30. The quantitative estimate of drug-likeness (QED) is 0.822. The third-order valence-electron chi connectivity index (χ3n) is 1.99. The molecule has 1 heterocycles. The van der Waals surface area contributed by atoms with E-state index in [-0.39, 0.29) is 9.92 Å². The number of nitrogens with zero attached hydrogens (tertiary/aromatic N) is 2. The highest BCUT2D eigenvalue weighted by Crippen LogP contribution is 2.19. The normalized spacial score (nSPS) is 11.5. The van der Waals surface area contributed by atoms with Crippen LogP contribution in [0, 0.1) is 6.92 Å². The molecule has 0 aliphatic rings. The third-order valence-corrected chi connectivity index (χ3v) is 3.78. The van der Waals surface area contributed by atoms with Gasteiger partial charge >= 0.3 is 0 Å². The van der Waals surface area contributed by atoms with E-state index in [1.54, 1.807) is 25.1 Å². The Labute approximate surface area is 87.1 Å². The lowest BCUT2D eigenvalue weighted by Crippen LogP contribution is -2.03. The first kappa shape index (κ1) is 9.85. The number of aromatic nitrogens is 3. The Bertz CT molecular complexity index is 560. The smallest absolute Gasteiger partial charge is 0.227 e. The van der Waals surface area contributed by atoms with Gasteiger partial charge in [-0.3, -0.25) is 5.10 Å². The molecule has 0 amide bonds. The van der Waals surface area contributed by atoms with Crippen molar-refractivity contribution in [2.24, 2.45) is 0 Å². The second-order valence-corrected chi connectivity index (χ2v) is 4.92. The van der Waals surface area contributed by atoms with Crippen LogP contribution < -0.4 is 0 Å². The van der Waals surface area contributed by atoms with Crippen molar-refractivity contribution in [2.45, 2.75) is 16.8 Å². The summed E-state index contributed by atoms with van der Waals surface area (Å²) in [6.45, 7) is 1.62. The molecule has 1 aromatic heterocycles. The van der Waals surface area contributed by atoms with Crippen LogP contribution in [0.15, 0.2) is 40.3 Å². The summed E-state index contributed by atoms with van der Waals surface area (Å²) in [5, 5.41) is 9.51. The molecule has 0 unspecified atom stereocenters. The minimum atomic E-state index is -3.53. The molecule has 1 aromatic carbocycles. The van der Waals surface area contributed by atoms with Crippen LogP contribution in [0.25, 0.3) is 0 Å². The zero-order valence-electron chi connectivity index (χ0n) is 8.01. The number of hydrogen-bond acceptors (Lipinski definition) is 4. The van der Waals surface area contributed by atoms with Gasteiger partial charge in [-0.05, 0) is 19.1 Å². The minimum Gasteiger partial charge on any atom is -0.261 e. The van der Waals surface area contributed by atoms with Crippen LogP contribution in [0.4, 0.5) is 0 Å². The van der Waals surface area contributed by atoms with E-state index in [1.165, 1.54) is 12.1 Å². The molecule has 15 heavy (non-hydrogen) atoms. The SMILES string of the molecule is Cc1[nH]nnc1S(=O)(=O)c1ccccc1. The summed E-state index contributed by atoms with van der Waals surface area (Å²) in [6.07, 6.45) is 0. The second kappa shape index (κ2) is 3.47. The van der Waals surface area contributed by atoms with E-state index >= 15 is 0 Å². The maximum absolute atomic E-state index is 12.0. The molecule has 0 radical (unpaired) electrons. The van der Waals surface area contributed by atoms with Crippen molar-refractivity contribution in [3.8, 4) is 0 Å². The predicted molar refractivity (Wildman–Crippen MR) is 53.0 cm³/mol. The summed E-state index contributed by atoms with van der Waals surface area (Å²) in [6, 6.07) is 8.16. The standard InChI is InChI=1S/C9H9N3O2S/c1-7-9(11-12-10-7)15(13,14)8-5-3-2-4-6-8/h2-6H,1H3,(H,10,11,12). The molecule has 0 aliphatic heterocycles. The van der Waals surface area contributed by atoms with E-state index in [1.807, 2.05) is 0 Å². The second-order valence-electron chi connectivity index (χ2n) is 3.06. The van der Waals surface area contributed by atoms with Gasteiger partial charge in [0.05, 0.1) is 10.6 Å². The van der Waals surface area contributed by atoms with Gasteiger partial charge in [-0.2, -0.15) is 0 Å². The van der Waals surface area contributed by atoms with Crippen LogP contribution in [0.3, 0.4) is 0 Å². The summed E-state index contributed by atoms with van der Waals surface area (Å²) >= 11 is 0. The Morgan fingerprint density at radius 1 is 1.20 bits per heavy atom. The van der Waals surface area contributed by atoms with Gasteiger partial charge in [0, 0.05) is 0 Å². The number of benzene rings is 1. The molecule has 78 valence electrons. The van der Waals surface area contributed by atoms with Crippen molar-refractivity contribution >= 4 is 9.84 Å². The molecule has 6 heteroatoms. The summed E-state index contributed by atoms with van der Waals surface area (Å²) in [5.74, 6) is 0. The first-order chi connectivity index (χ1) is 7.12. The topological polar surface area (TPSA) is 75.7 Å². The Hall–Kier alpha value is -1.69. The van der Waals surface area contributed by atoms with Gasteiger partial charge in [0.15, 0.2) is 0 Å². The van der Waals surface area contributed by atoms with Crippen LogP contribution in [0.2, 0.25) is 0 Å². The van der Waals surface area contributed by atoms with E-state index in [9.17, 15) is 8.42 Å². The zero-order valence-corrected chi connectivity index (χ0v) is 8.82. The average Bonchev–Trinajstić information content (AvgIpc) is 2.66. The first-order valence-corrected chi connectivity index (χ1v) is 5.78. The largest absolute Gasteiger partial charge is 0.261 e. The van der Waals surface area contributed by atoms with Crippen molar-refractivity contribution in [3.63, 3.8) is 0 Å². The van der Waals surface area contributed by atoms with Crippen molar-refractivity contribution in [1.29, 1.82) is 0 Å². The molecule has 0 fully saturated rings. The Kier molecular flexibility index (Phi) is 2.28. The van der Waals surface area contributed by atoms with Gasteiger partial charge in [0.2, 0.25) is 14.9 Å². The molecule has 2 rings (SSSR count). The van der Waals surface area contributed by atoms with E-state index in [0.29, 0.717) is 5.69 Å². The van der Waals surface area contributed by atoms with Crippen molar-refractivity contribution in [3.05, 3.63) is 36.0 Å². The molecule has 5 nitrogen and oxygen atoms in total. The summed E-state index contributed by atoms with van der Waals surface area (Å²) in [5.41, 5.74) is 0.443. The third kappa shape index (κ3) is 1.63. The molecule has 0 spiro atoms. The highest BCUT2D eigenvalue weighted by Gasteiger charge is 2.22. The van der Waals surface area contributed by atoms with E-state index in [4.69, 9.17) is 0 Å². The molecule has 0 bridgehead atoms. The lowest BCUT2D eigenvalue weighted by atomic mass is 10.4. The number of aryl methyl sites for hydroxylation is 1.